The molecule has 3 amide bonds. The summed E-state index contributed by atoms with van der Waals surface area (Å²) >= 11 is 0. The molecule has 0 spiro atoms. The zero-order valence-corrected chi connectivity index (χ0v) is 23.7. The number of hydrogen-bond donors (Lipinski definition) is 5. The third kappa shape index (κ3) is 8.51. The zero-order chi connectivity index (χ0) is 27.9. The van der Waals surface area contributed by atoms with Gasteiger partial charge in [0.2, 0.25) is 17.7 Å². The van der Waals surface area contributed by atoms with Gasteiger partial charge < -0.3 is 26.4 Å². The van der Waals surface area contributed by atoms with E-state index in [4.69, 9.17) is 10.5 Å². The first kappa shape index (κ1) is 30.1. The van der Waals surface area contributed by atoms with Gasteiger partial charge in [0.15, 0.2) is 0 Å². The Bertz CT molecular complexity index is 964. The van der Waals surface area contributed by atoms with Crippen molar-refractivity contribution in [3.8, 4) is 0 Å². The highest BCUT2D eigenvalue weighted by atomic mass is 16.5. The predicted molar refractivity (Wildman–Crippen MR) is 148 cm³/mol. The third-order valence-electron chi connectivity index (χ3n) is 7.18. The predicted octanol–water partition coefficient (Wildman–Crippen LogP) is 1.95. The number of amides is 3. The molecule has 1 saturated heterocycles. The van der Waals surface area contributed by atoms with E-state index in [1.165, 1.54) is 5.56 Å². The molecule has 6 N–H and O–H groups in total. The summed E-state index contributed by atoms with van der Waals surface area (Å²) in [5, 5.41) is 12.4. The van der Waals surface area contributed by atoms with Gasteiger partial charge in [-0.15, -0.1) is 0 Å². The molecule has 3 rings (SSSR count). The number of fused-ring (bicyclic) bond motifs is 1. The van der Waals surface area contributed by atoms with Crippen molar-refractivity contribution in [3.63, 3.8) is 0 Å². The van der Waals surface area contributed by atoms with Crippen LogP contribution < -0.4 is 27.0 Å². The SMILES string of the molecule is CC(C)C[C@H](NC(=O)[C@H](CC(=O)NCC(C)(C)C)NC1(CN)COC1)C(=O)N[C@@H]1CCCc2ccccc21. The first-order valence-corrected chi connectivity index (χ1v) is 13.9. The lowest BCUT2D eigenvalue weighted by molar-refractivity contribution is -0.135. The Morgan fingerprint density at radius 2 is 1.82 bits per heavy atom. The van der Waals surface area contributed by atoms with E-state index >= 15 is 0 Å². The van der Waals surface area contributed by atoms with Gasteiger partial charge in [-0.3, -0.25) is 19.7 Å². The normalized spacial score (nSPS) is 20.0. The number of nitrogens with one attached hydrogen (secondary N) is 4. The smallest absolute Gasteiger partial charge is 0.243 e. The number of benzene rings is 1. The summed E-state index contributed by atoms with van der Waals surface area (Å²) < 4.78 is 5.35. The van der Waals surface area contributed by atoms with Crippen molar-refractivity contribution in [3.05, 3.63) is 35.4 Å². The van der Waals surface area contributed by atoms with Crippen LogP contribution in [0.3, 0.4) is 0 Å². The van der Waals surface area contributed by atoms with Crippen molar-refractivity contribution >= 4 is 17.7 Å². The Labute approximate surface area is 227 Å². The molecular formula is C29H47N5O4. The number of nitrogens with two attached hydrogens (primary N) is 1. The van der Waals surface area contributed by atoms with Crippen LogP contribution in [0.25, 0.3) is 0 Å². The first-order valence-electron chi connectivity index (χ1n) is 13.9. The molecule has 2 aliphatic rings. The summed E-state index contributed by atoms with van der Waals surface area (Å²) in [6.07, 6.45) is 3.30. The number of rotatable bonds is 12. The molecule has 9 heteroatoms. The van der Waals surface area contributed by atoms with Crippen molar-refractivity contribution in [1.29, 1.82) is 0 Å². The van der Waals surface area contributed by atoms with Crippen molar-refractivity contribution in [2.75, 3.05) is 26.3 Å². The van der Waals surface area contributed by atoms with Gasteiger partial charge in [0, 0.05) is 13.1 Å². The molecule has 0 unspecified atom stereocenters. The van der Waals surface area contributed by atoms with E-state index in [-0.39, 0.29) is 48.1 Å². The topological polar surface area (TPSA) is 135 Å². The molecule has 1 heterocycles. The molecule has 38 heavy (non-hydrogen) atoms. The lowest BCUT2D eigenvalue weighted by Crippen LogP contribution is -2.69. The Morgan fingerprint density at radius 3 is 2.42 bits per heavy atom. The maximum absolute atomic E-state index is 13.6. The summed E-state index contributed by atoms with van der Waals surface area (Å²) in [5.74, 6) is -0.643. The van der Waals surface area contributed by atoms with E-state index < -0.39 is 17.6 Å². The number of hydrogen-bond acceptors (Lipinski definition) is 6. The fourth-order valence-electron chi connectivity index (χ4n) is 4.96. The molecule has 0 saturated carbocycles. The molecule has 3 atom stereocenters. The van der Waals surface area contributed by atoms with Gasteiger partial charge in [-0.25, -0.2) is 0 Å². The average Bonchev–Trinajstić information content (AvgIpc) is 2.83. The van der Waals surface area contributed by atoms with Gasteiger partial charge in [-0.2, -0.15) is 0 Å². The van der Waals surface area contributed by atoms with Crippen LogP contribution in [0.4, 0.5) is 0 Å². The highest BCUT2D eigenvalue weighted by molar-refractivity contribution is 5.92. The Kier molecular flexibility index (Phi) is 10.3. The molecule has 0 aromatic heterocycles. The largest absolute Gasteiger partial charge is 0.377 e. The summed E-state index contributed by atoms with van der Waals surface area (Å²) in [6.45, 7) is 11.6. The van der Waals surface area contributed by atoms with Crippen LogP contribution in [-0.2, 0) is 25.5 Å². The third-order valence-corrected chi connectivity index (χ3v) is 7.18. The highest BCUT2D eigenvalue weighted by Gasteiger charge is 2.41. The molecule has 1 aromatic carbocycles. The second-order valence-corrected chi connectivity index (χ2v) is 12.6. The molecule has 1 aromatic rings. The fraction of sp³-hybridized carbons (Fsp3) is 0.690. The molecule has 1 fully saturated rings. The summed E-state index contributed by atoms with van der Waals surface area (Å²) in [5.41, 5.74) is 7.74. The van der Waals surface area contributed by atoms with Gasteiger partial charge in [0.25, 0.3) is 0 Å². The van der Waals surface area contributed by atoms with Gasteiger partial charge >= 0.3 is 0 Å². The van der Waals surface area contributed by atoms with Crippen LogP contribution in [0.1, 0.15) is 77.5 Å². The molecule has 0 bridgehead atoms. The van der Waals surface area contributed by atoms with Crippen molar-refractivity contribution in [1.82, 2.24) is 21.3 Å². The van der Waals surface area contributed by atoms with E-state index in [1.807, 2.05) is 46.8 Å². The van der Waals surface area contributed by atoms with Crippen LogP contribution in [0.5, 0.6) is 0 Å². The number of carbonyl (C=O) groups is 3. The van der Waals surface area contributed by atoms with E-state index in [1.54, 1.807) is 0 Å². The van der Waals surface area contributed by atoms with Crippen molar-refractivity contribution < 1.29 is 19.1 Å². The van der Waals surface area contributed by atoms with Gasteiger partial charge in [-0.1, -0.05) is 58.9 Å². The van der Waals surface area contributed by atoms with E-state index in [0.717, 1.165) is 24.8 Å². The number of ether oxygens (including phenoxy) is 1. The minimum Gasteiger partial charge on any atom is -0.377 e. The standard InChI is InChI=1S/C29H47N5O4/c1-19(2)13-23(26(36)32-22-12-8-10-20-9-6-7-11-21(20)22)33-27(37)24(34-29(15-30)17-38-18-29)14-25(35)31-16-28(3,4)5/h6-7,9,11,19,22-24,34H,8,10,12-18,30H2,1-5H3,(H,31,35)(H,32,36)(H,33,37)/t22-,23+,24+/m1/s1. The maximum atomic E-state index is 13.6. The van der Waals surface area contributed by atoms with Crippen molar-refractivity contribution in [2.45, 2.75) is 90.4 Å². The molecule has 1 aliphatic heterocycles. The van der Waals surface area contributed by atoms with E-state index in [2.05, 4.69) is 33.4 Å². The Hall–Kier alpha value is -2.49. The second-order valence-electron chi connectivity index (χ2n) is 12.6. The molecule has 9 nitrogen and oxygen atoms in total. The monoisotopic (exact) mass is 529 g/mol. The number of aryl methyl sites for hydroxylation is 1. The summed E-state index contributed by atoms with van der Waals surface area (Å²) in [6, 6.07) is 6.55. The van der Waals surface area contributed by atoms with Crippen LogP contribution in [0.2, 0.25) is 0 Å². The minimum absolute atomic E-state index is 0.0598. The molecule has 1 aliphatic carbocycles. The van der Waals surface area contributed by atoms with Crippen LogP contribution in [0.15, 0.2) is 24.3 Å². The lowest BCUT2D eigenvalue weighted by atomic mass is 9.87. The number of carbonyl (C=O) groups excluding carboxylic acids is 3. The average molecular weight is 530 g/mol. The zero-order valence-electron chi connectivity index (χ0n) is 23.7. The quantitative estimate of drug-likeness (QED) is 0.281. The first-order chi connectivity index (χ1) is 17.9. The van der Waals surface area contributed by atoms with Gasteiger partial charge in [-0.05, 0) is 48.1 Å². The van der Waals surface area contributed by atoms with Gasteiger partial charge in [0.05, 0.1) is 37.3 Å². The maximum Gasteiger partial charge on any atom is 0.243 e. The molecular weight excluding hydrogens is 482 g/mol. The Morgan fingerprint density at radius 1 is 1.11 bits per heavy atom. The molecule has 212 valence electrons. The van der Waals surface area contributed by atoms with Crippen molar-refractivity contribution in [2.24, 2.45) is 17.1 Å². The minimum atomic E-state index is -0.847. The van der Waals surface area contributed by atoms with Gasteiger partial charge in [0.1, 0.15) is 6.04 Å². The van der Waals surface area contributed by atoms with Crippen LogP contribution >= 0.6 is 0 Å². The second kappa shape index (κ2) is 13.0. The van der Waals surface area contributed by atoms with Crippen LogP contribution in [-0.4, -0.2) is 61.6 Å². The molecule has 0 radical (unpaired) electrons. The Balaban J connectivity index is 1.72. The lowest BCUT2D eigenvalue weighted by Gasteiger charge is -2.43. The summed E-state index contributed by atoms with van der Waals surface area (Å²) in [7, 11) is 0. The highest BCUT2D eigenvalue weighted by Crippen LogP contribution is 2.29. The van der Waals surface area contributed by atoms with E-state index in [0.29, 0.717) is 26.2 Å². The summed E-state index contributed by atoms with van der Waals surface area (Å²) in [4.78, 5) is 39.9. The fourth-order valence-corrected chi connectivity index (χ4v) is 4.96. The van der Waals surface area contributed by atoms with Crippen LogP contribution in [0, 0.1) is 11.3 Å². The van der Waals surface area contributed by atoms with E-state index in [9.17, 15) is 14.4 Å².